The van der Waals surface area contributed by atoms with Gasteiger partial charge in [0.15, 0.2) is 0 Å². The number of nitrogens with two attached hydrogens (primary N) is 1. The van der Waals surface area contributed by atoms with Crippen molar-refractivity contribution in [3.63, 3.8) is 0 Å². The van der Waals surface area contributed by atoms with E-state index in [1.807, 2.05) is 49.3 Å². The summed E-state index contributed by atoms with van der Waals surface area (Å²) in [6, 6.07) is 32.5. The van der Waals surface area contributed by atoms with Crippen molar-refractivity contribution >= 4 is 50.1 Å². The SMILES string of the molecule is Cc1ccc(S(=O)(=O)NCCN(CCN)CCN(CCN(CCNS(=O)(=O)c2ccc(C)cc2)CCNS(=O)(=O)c2ccc(C)cc2)CCN(CCNS(=O)(=O)c2ccc(C)cc2)CCNS(=O)(=O)c2ccc(C)cc2)cc1. The van der Waals surface area contributed by atoms with E-state index in [9.17, 15) is 42.1 Å². The fraction of sp³-hybridized carbons (Fsp3) is 0.434. The molecule has 430 valence electrons. The fourth-order valence-electron chi connectivity index (χ4n) is 8.07. The first-order valence-electron chi connectivity index (χ1n) is 25.8. The van der Waals surface area contributed by atoms with Crippen LogP contribution in [0.5, 0.6) is 0 Å². The van der Waals surface area contributed by atoms with Gasteiger partial charge in [-0.3, -0.25) is 19.6 Å². The zero-order valence-electron chi connectivity index (χ0n) is 45.3. The van der Waals surface area contributed by atoms with Gasteiger partial charge >= 0.3 is 0 Å². The average molecular weight is 1180 g/mol. The molecule has 0 saturated heterocycles. The molecule has 5 rings (SSSR count). The fourth-order valence-corrected chi connectivity index (χ4v) is 13.2. The van der Waals surface area contributed by atoms with Crippen LogP contribution in [0, 0.1) is 34.6 Å². The van der Waals surface area contributed by atoms with E-state index < -0.39 is 50.1 Å². The maximum Gasteiger partial charge on any atom is 0.240 e. The van der Waals surface area contributed by atoms with Gasteiger partial charge in [0.05, 0.1) is 24.5 Å². The summed E-state index contributed by atoms with van der Waals surface area (Å²) in [6.45, 7) is 13.7. The van der Waals surface area contributed by atoms with Crippen LogP contribution >= 0.6 is 0 Å². The van der Waals surface area contributed by atoms with Gasteiger partial charge in [-0.25, -0.2) is 65.7 Å². The minimum Gasteiger partial charge on any atom is -0.329 e. The maximum atomic E-state index is 13.4. The molecule has 0 aliphatic carbocycles. The Hall–Kier alpha value is -4.55. The van der Waals surface area contributed by atoms with Gasteiger partial charge in [-0.1, -0.05) is 88.5 Å². The lowest BCUT2D eigenvalue weighted by Gasteiger charge is -2.32. The number of hydrogen-bond donors (Lipinski definition) is 6. The van der Waals surface area contributed by atoms with Crippen molar-refractivity contribution in [3.05, 3.63) is 149 Å². The standard InChI is InChI=1S/C53H78N10O10S5/c1-44-6-16-49(17-7-44)74(64,65)55-27-33-60(32-26-54)38-41-63(42-39-61(34-28-56-75(66,67)50-18-8-45(2)9-19-50)35-29-57-76(68,69)51-20-10-46(3)11-21-51)43-40-62(36-30-58-77(70,71)52-22-12-47(4)13-23-52)37-31-59-78(72,73)53-24-14-48(5)15-25-53/h6-25,55-59H,26-43,54H2,1-5H3. The van der Waals surface area contributed by atoms with Crippen LogP contribution in [0.15, 0.2) is 146 Å². The van der Waals surface area contributed by atoms with Crippen LogP contribution in [0.1, 0.15) is 27.8 Å². The first-order valence-corrected chi connectivity index (χ1v) is 33.2. The Morgan fingerprint density at radius 2 is 0.423 bits per heavy atom. The first-order chi connectivity index (χ1) is 36.9. The molecule has 0 aromatic heterocycles. The summed E-state index contributed by atoms with van der Waals surface area (Å²) in [5.74, 6) is 0. The zero-order chi connectivity index (χ0) is 57.0. The van der Waals surface area contributed by atoms with Crippen molar-refractivity contribution in [3.8, 4) is 0 Å². The number of hydrogen-bond acceptors (Lipinski definition) is 15. The Bertz CT molecular complexity index is 2880. The van der Waals surface area contributed by atoms with E-state index in [-0.39, 0.29) is 83.4 Å². The molecule has 5 aromatic rings. The lowest BCUT2D eigenvalue weighted by molar-refractivity contribution is 0.159. The van der Waals surface area contributed by atoms with Crippen molar-refractivity contribution in [1.82, 2.24) is 43.2 Å². The molecule has 78 heavy (non-hydrogen) atoms. The Balaban J connectivity index is 1.36. The Morgan fingerprint density at radius 1 is 0.269 bits per heavy atom. The summed E-state index contributed by atoms with van der Waals surface area (Å²) < 4.78 is 147. The predicted octanol–water partition coefficient (Wildman–Crippen LogP) is 2.59. The van der Waals surface area contributed by atoms with Gasteiger partial charge in [-0.05, 0) is 95.3 Å². The van der Waals surface area contributed by atoms with Crippen LogP contribution in [0.2, 0.25) is 0 Å². The summed E-state index contributed by atoms with van der Waals surface area (Å²) in [6.07, 6.45) is 0. The van der Waals surface area contributed by atoms with Gasteiger partial charge in [0.25, 0.3) is 0 Å². The van der Waals surface area contributed by atoms with E-state index in [2.05, 4.69) is 28.5 Å². The van der Waals surface area contributed by atoms with Crippen LogP contribution in [0.3, 0.4) is 0 Å². The normalized spacial score (nSPS) is 12.8. The van der Waals surface area contributed by atoms with Crippen LogP contribution in [0.25, 0.3) is 0 Å². The third-order valence-electron chi connectivity index (χ3n) is 12.9. The molecule has 0 aliphatic heterocycles. The highest BCUT2D eigenvalue weighted by molar-refractivity contribution is 7.90. The van der Waals surface area contributed by atoms with Crippen LogP contribution in [-0.2, 0) is 50.1 Å². The summed E-state index contributed by atoms with van der Waals surface area (Å²) in [5.41, 5.74) is 10.6. The van der Waals surface area contributed by atoms with Gasteiger partial charge < -0.3 is 5.73 Å². The molecule has 0 aliphatic rings. The molecule has 0 amide bonds. The lowest BCUT2D eigenvalue weighted by Crippen LogP contribution is -2.48. The monoisotopic (exact) mass is 1170 g/mol. The highest BCUT2D eigenvalue weighted by atomic mass is 32.2. The molecule has 0 bridgehead atoms. The maximum absolute atomic E-state index is 13.4. The molecule has 20 nitrogen and oxygen atoms in total. The van der Waals surface area contributed by atoms with Crippen molar-refractivity contribution in [1.29, 1.82) is 0 Å². The molecule has 0 unspecified atom stereocenters. The van der Waals surface area contributed by atoms with E-state index in [4.69, 9.17) is 5.73 Å². The Labute approximate surface area is 464 Å². The van der Waals surface area contributed by atoms with Crippen LogP contribution < -0.4 is 29.3 Å². The molecule has 7 N–H and O–H groups in total. The predicted molar refractivity (Wildman–Crippen MR) is 307 cm³/mol. The second-order valence-electron chi connectivity index (χ2n) is 19.2. The minimum absolute atomic E-state index is 0.00840. The smallest absolute Gasteiger partial charge is 0.240 e. The van der Waals surface area contributed by atoms with E-state index in [0.717, 1.165) is 27.8 Å². The molecule has 0 spiro atoms. The van der Waals surface area contributed by atoms with Crippen molar-refractivity contribution in [2.45, 2.75) is 59.1 Å². The van der Waals surface area contributed by atoms with Gasteiger partial charge in [-0.2, -0.15) is 0 Å². The minimum atomic E-state index is -3.88. The molecular formula is C53H78N10O10S5. The summed E-state index contributed by atoms with van der Waals surface area (Å²) in [4.78, 5) is 8.69. The first kappa shape index (κ1) is 64.3. The van der Waals surface area contributed by atoms with Gasteiger partial charge in [0.2, 0.25) is 50.1 Å². The van der Waals surface area contributed by atoms with Gasteiger partial charge in [0.1, 0.15) is 0 Å². The van der Waals surface area contributed by atoms with E-state index in [1.54, 1.807) is 72.8 Å². The quantitative estimate of drug-likeness (QED) is 0.0337. The largest absolute Gasteiger partial charge is 0.329 e. The third-order valence-corrected chi connectivity index (χ3v) is 20.3. The molecule has 0 fully saturated rings. The highest BCUT2D eigenvalue weighted by Crippen LogP contribution is 2.14. The number of benzene rings is 5. The van der Waals surface area contributed by atoms with Crippen molar-refractivity contribution in [2.24, 2.45) is 5.73 Å². The van der Waals surface area contributed by atoms with Gasteiger partial charge in [0, 0.05) is 118 Å². The molecule has 5 aromatic carbocycles. The Morgan fingerprint density at radius 3 is 0.590 bits per heavy atom. The molecule has 0 heterocycles. The van der Waals surface area contributed by atoms with E-state index in [0.29, 0.717) is 58.9 Å². The van der Waals surface area contributed by atoms with Crippen LogP contribution in [0.4, 0.5) is 0 Å². The second kappa shape index (κ2) is 30.3. The summed E-state index contributed by atoms with van der Waals surface area (Å²) in [5, 5.41) is 0. The number of sulfonamides is 5. The number of nitrogens with one attached hydrogen (secondary N) is 5. The van der Waals surface area contributed by atoms with Gasteiger partial charge in [-0.15, -0.1) is 0 Å². The molecular weight excluding hydrogens is 1100 g/mol. The summed E-state index contributed by atoms with van der Waals surface area (Å²) in [7, 11) is -19.3. The summed E-state index contributed by atoms with van der Waals surface area (Å²) >= 11 is 0. The molecule has 25 heteroatoms. The van der Waals surface area contributed by atoms with Crippen molar-refractivity contribution < 1.29 is 42.1 Å². The van der Waals surface area contributed by atoms with E-state index >= 15 is 0 Å². The topological polar surface area (TPSA) is 270 Å². The molecule has 0 radical (unpaired) electrons. The third kappa shape index (κ3) is 21.5. The molecule has 0 atom stereocenters. The van der Waals surface area contributed by atoms with Crippen molar-refractivity contribution in [2.75, 3.05) is 118 Å². The lowest BCUT2D eigenvalue weighted by atomic mass is 10.2. The highest BCUT2D eigenvalue weighted by Gasteiger charge is 2.21. The Kier molecular flexibility index (Phi) is 25.0. The number of aryl methyl sites for hydroxylation is 5. The second-order valence-corrected chi connectivity index (χ2v) is 28.0. The average Bonchev–Trinajstić information content (AvgIpc) is 3.38. The van der Waals surface area contributed by atoms with E-state index in [1.165, 1.54) is 48.5 Å². The number of rotatable bonds is 36. The molecule has 0 saturated carbocycles. The van der Waals surface area contributed by atoms with Crippen LogP contribution in [-0.4, -0.2) is 179 Å². The zero-order valence-corrected chi connectivity index (χ0v) is 49.3. The number of nitrogens with zero attached hydrogens (tertiary/aromatic N) is 4.